The molecule has 0 saturated carbocycles. The minimum atomic E-state index is -0.591. The van der Waals surface area contributed by atoms with Crippen LogP contribution in [0, 0.1) is 10.1 Å². The monoisotopic (exact) mass is 304 g/mol. The Morgan fingerprint density at radius 1 is 1.23 bits per heavy atom. The molecule has 0 saturated heterocycles. The summed E-state index contributed by atoms with van der Waals surface area (Å²) in [5.74, 6) is 0.0415. The molecule has 0 aliphatic heterocycles. The Hall–Kier alpha value is -3.23. The zero-order chi connectivity index (χ0) is 16.1. The van der Waals surface area contributed by atoms with E-state index in [1.807, 2.05) is 0 Å². The van der Waals surface area contributed by atoms with E-state index in [2.05, 4.69) is 20.3 Å². The highest BCUT2D eigenvalue weighted by Gasteiger charge is 2.13. The topological polar surface area (TPSA) is 116 Å². The molecular weight excluding hydrogens is 292 g/mol. The molecule has 0 aliphatic rings. The lowest BCUT2D eigenvalue weighted by atomic mass is 10.2. The number of nitrogens with zero attached hydrogens (tertiary/aromatic N) is 3. The maximum Gasteiger partial charge on any atom is 0.358 e. The summed E-state index contributed by atoms with van der Waals surface area (Å²) in [5, 5.41) is 21.2. The lowest BCUT2D eigenvalue weighted by molar-refractivity contribution is -0.384. The van der Waals surface area contributed by atoms with Gasteiger partial charge >= 0.3 is 5.97 Å². The number of ether oxygens (including phenoxy) is 2. The number of benzene rings is 1. The summed E-state index contributed by atoms with van der Waals surface area (Å²) >= 11 is 0. The number of rotatable bonds is 5. The quantitative estimate of drug-likeness (QED) is 0.506. The lowest BCUT2D eigenvalue weighted by Gasteiger charge is -2.10. The van der Waals surface area contributed by atoms with Gasteiger partial charge < -0.3 is 14.8 Å². The van der Waals surface area contributed by atoms with Gasteiger partial charge in [0.25, 0.3) is 5.69 Å². The van der Waals surface area contributed by atoms with E-state index in [9.17, 15) is 14.9 Å². The average molecular weight is 304 g/mol. The standard InChI is InChI=1S/C13H12N4O5/c1-21-11-7-8(17(19)20)3-4-9(11)14-12-6-5-10(15-16-12)13(18)22-2/h3-7H,1-2H3,(H,14,16). The molecule has 2 rings (SSSR count). The van der Waals surface area contributed by atoms with Gasteiger partial charge in [0.2, 0.25) is 0 Å². The third kappa shape index (κ3) is 3.26. The smallest absolute Gasteiger partial charge is 0.358 e. The largest absolute Gasteiger partial charge is 0.494 e. The van der Waals surface area contributed by atoms with Crippen molar-refractivity contribution >= 4 is 23.2 Å². The second-order valence-electron chi connectivity index (χ2n) is 4.06. The molecule has 0 bridgehead atoms. The fourth-order valence-electron chi connectivity index (χ4n) is 1.65. The molecule has 0 amide bonds. The highest BCUT2D eigenvalue weighted by Crippen LogP contribution is 2.30. The summed E-state index contributed by atoms with van der Waals surface area (Å²) in [6, 6.07) is 7.09. The predicted molar refractivity (Wildman–Crippen MR) is 76.3 cm³/mol. The van der Waals surface area contributed by atoms with Crippen molar-refractivity contribution in [3.8, 4) is 5.75 Å². The van der Waals surface area contributed by atoms with Crippen LogP contribution in [0.1, 0.15) is 10.5 Å². The number of hydrogen-bond acceptors (Lipinski definition) is 8. The second kappa shape index (κ2) is 6.48. The van der Waals surface area contributed by atoms with Gasteiger partial charge in [-0.2, -0.15) is 0 Å². The van der Waals surface area contributed by atoms with Crippen LogP contribution < -0.4 is 10.1 Å². The molecule has 0 unspecified atom stereocenters. The third-order valence-corrected chi connectivity index (χ3v) is 2.72. The minimum absolute atomic E-state index is 0.0729. The maximum absolute atomic E-state index is 11.3. The molecule has 2 aromatic rings. The van der Waals surface area contributed by atoms with Crippen molar-refractivity contribution < 1.29 is 19.2 Å². The number of esters is 1. The number of hydrogen-bond donors (Lipinski definition) is 1. The first-order valence-electron chi connectivity index (χ1n) is 6.06. The van der Waals surface area contributed by atoms with Gasteiger partial charge in [-0.1, -0.05) is 0 Å². The number of carbonyl (C=O) groups excluding carboxylic acids is 1. The highest BCUT2D eigenvalue weighted by molar-refractivity contribution is 5.87. The van der Waals surface area contributed by atoms with Crippen LogP contribution in [-0.4, -0.2) is 35.3 Å². The van der Waals surface area contributed by atoms with Gasteiger partial charge in [-0.25, -0.2) is 4.79 Å². The minimum Gasteiger partial charge on any atom is -0.494 e. The van der Waals surface area contributed by atoms with Crippen molar-refractivity contribution in [3.05, 3.63) is 46.1 Å². The van der Waals surface area contributed by atoms with E-state index < -0.39 is 10.9 Å². The fraction of sp³-hybridized carbons (Fsp3) is 0.154. The molecule has 1 aromatic carbocycles. The summed E-state index contributed by atoms with van der Waals surface area (Å²) in [6.45, 7) is 0. The number of nitro groups is 1. The molecule has 0 atom stereocenters. The summed E-state index contributed by atoms with van der Waals surface area (Å²) < 4.78 is 9.62. The Bertz CT molecular complexity index is 702. The second-order valence-corrected chi connectivity index (χ2v) is 4.06. The first-order valence-corrected chi connectivity index (χ1v) is 6.06. The molecule has 9 heteroatoms. The molecule has 0 fully saturated rings. The van der Waals surface area contributed by atoms with Gasteiger partial charge in [0.05, 0.1) is 30.9 Å². The Balaban J connectivity index is 2.23. The van der Waals surface area contributed by atoms with Crippen molar-refractivity contribution in [1.29, 1.82) is 0 Å². The van der Waals surface area contributed by atoms with Gasteiger partial charge in [0, 0.05) is 6.07 Å². The molecule has 22 heavy (non-hydrogen) atoms. The number of carbonyl (C=O) groups is 1. The molecule has 114 valence electrons. The van der Waals surface area contributed by atoms with E-state index in [0.717, 1.165) is 0 Å². The van der Waals surface area contributed by atoms with Crippen molar-refractivity contribution in [1.82, 2.24) is 10.2 Å². The molecule has 1 aromatic heterocycles. The maximum atomic E-state index is 11.3. The van der Waals surface area contributed by atoms with Gasteiger partial charge in [-0.15, -0.1) is 10.2 Å². The number of non-ortho nitro benzene ring substituents is 1. The van der Waals surface area contributed by atoms with Crippen LogP contribution in [0.4, 0.5) is 17.2 Å². The predicted octanol–water partition coefficient (Wildman–Crippen LogP) is 1.92. The van der Waals surface area contributed by atoms with Gasteiger partial charge in [-0.3, -0.25) is 10.1 Å². The summed E-state index contributed by atoms with van der Waals surface area (Å²) in [4.78, 5) is 21.5. The summed E-state index contributed by atoms with van der Waals surface area (Å²) in [6.07, 6.45) is 0. The van der Waals surface area contributed by atoms with Crippen LogP contribution in [0.3, 0.4) is 0 Å². The van der Waals surface area contributed by atoms with Crippen LogP contribution in [-0.2, 0) is 4.74 Å². The van der Waals surface area contributed by atoms with Crippen LogP contribution in [0.5, 0.6) is 5.75 Å². The van der Waals surface area contributed by atoms with Crippen LogP contribution in [0.2, 0.25) is 0 Å². The van der Waals surface area contributed by atoms with Crippen molar-refractivity contribution in [2.75, 3.05) is 19.5 Å². The van der Waals surface area contributed by atoms with Crippen molar-refractivity contribution in [2.24, 2.45) is 0 Å². The molecule has 1 N–H and O–H groups in total. The molecule has 0 aliphatic carbocycles. The van der Waals surface area contributed by atoms with Crippen LogP contribution >= 0.6 is 0 Å². The number of methoxy groups -OCH3 is 2. The Morgan fingerprint density at radius 3 is 2.55 bits per heavy atom. The van der Waals surface area contributed by atoms with E-state index in [1.165, 1.54) is 44.6 Å². The highest BCUT2D eigenvalue weighted by atomic mass is 16.6. The molecule has 9 nitrogen and oxygen atoms in total. The fourth-order valence-corrected chi connectivity index (χ4v) is 1.65. The Labute approximate surface area is 125 Å². The summed E-state index contributed by atoms with van der Waals surface area (Å²) in [7, 11) is 2.65. The van der Waals surface area contributed by atoms with E-state index >= 15 is 0 Å². The van der Waals surface area contributed by atoms with Crippen molar-refractivity contribution in [3.63, 3.8) is 0 Å². The first-order chi connectivity index (χ1) is 10.5. The van der Waals surface area contributed by atoms with E-state index in [4.69, 9.17) is 4.74 Å². The third-order valence-electron chi connectivity index (χ3n) is 2.72. The Morgan fingerprint density at radius 2 is 2.00 bits per heavy atom. The molecule has 1 heterocycles. The van der Waals surface area contributed by atoms with Gasteiger partial charge in [0.15, 0.2) is 11.5 Å². The lowest BCUT2D eigenvalue weighted by Crippen LogP contribution is -2.06. The van der Waals surface area contributed by atoms with Crippen molar-refractivity contribution in [2.45, 2.75) is 0 Å². The van der Waals surface area contributed by atoms with Crippen LogP contribution in [0.25, 0.3) is 0 Å². The normalized spacial score (nSPS) is 9.91. The zero-order valence-corrected chi connectivity index (χ0v) is 11.8. The van der Waals surface area contributed by atoms with E-state index in [0.29, 0.717) is 11.5 Å². The van der Waals surface area contributed by atoms with Gasteiger partial charge in [-0.05, 0) is 18.2 Å². The van der Waals surface area contributed by atoms with Gasteiger partial charge in [0.1, 0.15) is 5.75 Å². The molecule has 0 radical (unpaired) electrons. The van der Waals surface area contributed by atoms with Crippen LogP contribution in [0.15, 0.2) is 30.3 Å². The first kappa shape index (κ1) is 15.2. The van der Waals surface area contributed by atoms with E-state index in [-0.39, 0.29) is 17.1 Å². The number of anilines is 2. The van der Waals surface area contributed by atoms with E-state index in [1.54, 1.807) is 0 Å². The average Bonchev–Trinajstić information content (AvgIpc) is 2.55. The summed E-state index contributed by atoms with van der Waals surface area (Å²) in [5.41, 5.74) is 0.464. The number of aromatic nitrogens is 2. The molecule has 0 spiro atoms. The zero-order valence-electron chi connectivity index (χ0n) is 11.8. The SMILES string of the molecule is COC(=O)c1ccc(Nc2ccc([N+](=O)[O-])cc2OC)nn1. The number of nitrogens with one attached hydrogen (secondary N) is 1. The Kier molecular flexibility index (Phi) is 4.47. The number of nitro benzene ring substituents is 1. The molecular formula is C13H12N4O5.